The quantitative estimate of drug-likeness (QED) is 0.560. The van der Waals surface area contributed by atoms with Crippen LogP contribution in [0.3, 0.4) is 0 Å². The van der Waals surface area contributed by atoms with Gasteiger partial charge in [0.2, 0.25) is 0 Å². The normalized spacial score (nSPS) is 14.2. The lowest BCUT2D eigenvalue weighted by Crippen LogP contribution is -2.28. The minimum Gasteiger partial charge on any atom is -0.371 e. The minimum atomic E-state index is -0.0212. The number of hydrogen-bond donors (Lipinski definition) is 0. The largest absolute Gasteiger partial charge is 0.371 e. The van der Waals surface area contributed by atoms with Crippen LogP contribution in [0.4, 0.5) is 0 Å². The van der Waals surface area contributed by atoms with Gasteiger partial charge in [0.15, 0.2) is 0 Å². The zero-order valence-corrected chi connectivity index (χ0v) is 13.6. The fourth-order valence-electron chi connectivity index (χ4n) is 2.25. The standard InChI is InChI=1S/C19H30O/c1-6-19(5,14-10-11-16(2)3)20-15-17(4)18-12-8-7-9-13-18/h7-9,12-13,16H,4,6,10-11,14-15H2,1-3,5H3/t19-/m0/s1. The van der Waals surface area contributed by atoms with Crippen LogP contribution in [0.1, 0.15) is 58.9 Å². The molecule has 0 saturated carbocycles. The predicted octanol–water partition coefficient (Wildman–Crippen LogP) is 5.71. The summed E-state index contributed by atoms with van der Waals surface area (Å²) in [5.41, 5.74) is 2.22. The van der Waals surface area contributed by atoms with Gasteiger partial charge in [0.1, 0.15) is 0 Å². The third-order valence-corrected chi connectivity index (χ3v) is 4.01. The van der Waals surface area contributed by atoms with Gasteiger partial charge in [0.05, 0.1) is 12.2 Å². The van der Waals surface area contributed by atoms with E-state index in [2.05, 4.69) is 46.4 Å². The lowest BCUT2D eigenvalue weighted by molar-refractivity contribution is -0.0247. The second kappa shape index (κ2) is 8.26. The lowest BCUT2D eigenvalue weighted by atomic mass is 9.93. The first-order chi connectivity index (χ1) is 9.47. The summed E-state index contributed by atoms with van der Waals surface area (Å²) < 4.78 is 6.18. The molecular weight excluding hydrogens is 244 g/mol. The van der Waals surface area contributed by atoms with E-state index in [9.17, 15) is 0 Å². The molecule has 0 fully saturated rings. The molecule has 0 unspecified atom stereocenters. The Bertz CT molecular complexity index is 393. The minimum absolute atomic E-state index is 0.0212. The van der Waals surface area contributed by atoms with Crippen molar-refractivity contribution in [1.82, 2.24) is 0 Å². The SMILES string of the molecule is C=C(CO[C@@](C)(CC)CCCC(C)C)c1ccccc1. The molecule has 0 saturated heterocycles. The van der Waals surface area contributed by atoms with Crippen LogP contribution in [0.2, 0.25) is 0 Å². The van der Waals surface area contributed by atoms with Crippen LogP contribution in [0.5, 0.6) is 0 Å². The van der Waals surface area contributed by atoms with E-state index in [1.54, 1.807) is 0 Å². The summed E-state index contributed by atoms with van der Waals surface area (Å²) in [5.74, 6) is 0.774. The Kier molecular flexibility index (Phi) is 7.01. The Balaban J connectivity index is 2.45. The van der Waals surface area contributed by atoms with E-state index in [-0.39, 0.29) is 5.60 Å². The Morgan fingerprint density at radius 2 is 1.90 bits per heavy atom. The second-order valence-electron chi connectivity index (χ2n) is 6.35. The van der Waals surface area contributed by atoms with Crippen molar-refractivity contribution in [1.29, 1.82) is 0 Å². The highest BCUT2D eigenvalue weighted by molar-refractivity contribution is 5.63. The molecule has 0 radical (unpaired) electrons. The first kappa shape index (κ1) is 17.0. The van der Waals surface area contributed by atoms with Gasteiger partial charge in [0, 0.05) is 0 Å². The Labute approximate surface area is 125 Å². The van der Waals surface area contributed by atoms with Crippen molar-refractivity contribution in [2.75, 3.05) is 6.61 Å². The van der Waals surface area contributed by atoms with Crippen LogP contribution in [0, 0.1) is 5.92 Å². The zero-order chi connectivity index (χ0) is 15.0. The summed E-state index contributed by atoms with van der Waals surface area (Å²) in [6, 6.07) is 10.3. The van der Waals surface area contributed by atoms with Crippen molar-refractivity contribution in [2.45, 2.75) is 59.0 Å². The van der Waals surface area contributed by atoms with Gasteiger partial charge in [0.25, 0.3) is 0 Å². The van der Waals surface area contributed by atoms with Crippen LogP contribution in [0.15, 0.2) is 36.9 Å². The number of ether oxygens (including phenoxy) is 1. The maximum atomic E-state index is 6.18. The van der Waals surface area contributed by atoms with E-state index in [1.807, 2.05) is 18.2 Å². The molecule has 0 amide bonds. The number of benzene rings is 1. The van der Waals surface area contributed by atoms with Crippen molar-refractivity contribution in [2.24, 2.45) is 5.92 Å². The molecule has 0 spiro atoms. The highest BCUT2D eigenvalue weighted by Crippen LogP contribution is 2.26. The Morgan fingerprint density at radius 1 is 1.25 bits per heavy atom. The summed E-state index contributed by atoms with van der Waals surface area (Å²) in [5, 5.41) is 0. The maximum absolute atomic E-state index is 6.18. The van der Waals surface area contributed by atoms with E-state index in [4.69, 9.17) is 4.74 Å². The second-order valence-corrected chi connectivity index (χ2v) is 6.35. The number of rotatable bonds is 9. The first-order valence-corrected chi connectivity index (χ1v) is 7.84. The van der Waals surface area contributed by atoms with Crippen LogP contribution in [0.25, 0.3) is 5.57 Å². The highest BCUT2D eigenvalue weighted by Gasteiger charge is 2.22. The molecule has 1 aromatic rings. The predicted molar refractivity (Wildman–Crippen MR) is 88.8 cm³/mol. The fraction of sp³-hybridized carbons (Fsp3) is 0.579. The molecule has 0 aliphatic carbocycles. The van der Waals surface area contributed by atoms with Crippen LogP contribution >= 0.6 is 0 Å². The van der Waals surface area contributed by atoms with Crippen LogP contribution in [-0.2, 0) is 4.74 Å². The molecule has 1 heteroatoms. The molecule has 1 aromatic carbocycles. The van der Waals surface area contributed by atoms with Crippen LogP contribution < -0.4 is 0 Å². The molecule has 0 aliphatic rings. The average Bonchev–Trinajstić information content (AvgIpc) is 2.45. The van der Waals surface area contributed by atoms with Crippen molar-refractivity contribution >= 4 is 5.57 Å². The van der Waals surface area contributed by atoms with Gasteiger partial charge < -0.3 is 4.74 Å². The molecule has 1 nitrogen and oxygen atoms in total. The van der Waals surface area contributed by atoms with Crippen molar-refractivity contribution < 1.29 is 4.74 Å². The molecule has 20 heavy (non-hydrogen) atoms. The molecule has 0 N–H and O–H groups in total. The molecule has 0 bridgehead atoms. The smallest absolute Gasteiger partial charge is 0.0724 e. The van der Waals surface area contributed by atoms with Gasteiger partial charge in [-0.2, -0.15) is 0 Å². The number of hydrogen-bond acceptors (Lipinski definition) is 1. The summed E-state index contributed by atoms with van der Waals surface area (Å²) in [4.78, 5) is 0. The fourth-order valence-corrected chi connectivity index (χ4v) is 2.25. The van der Waals surface area contributed by atoms with Gasteiger partial charge in [-0.25, -0.2) is 0 Å². The van der Waals surface area contributed by atoms with Gasteiger partial charge in [-0.05, 0) is 36.8 Å². The molecule has 112 valence electrons. The Hall–Kier alpha value is -1.08. The van der Waals surface area contributed by atoms with E-state index in [1.165, 1.54) is 18.4 Å². The van der Waals surface area contributed by atoms with E-state index in [0.29, 0.717) is 6.61 Å². The summed E-state index contributed by atoms with van der Waals surface area (Å²) in [7, 11) is 0. The third-order valence-electron chi connectivity index (χ3n) is 4.01. The summed E-state index contributed by atoms with van der Waals surface area (Å²) in [6.45, 7) is 13.8. The average molecular weight is 274 g/mol. The van der Waals surface area contributed by atoms with Gasteiger partial charge in [-0.15, -0.1) is 0 Å². The molecule has 1 atom stereocenters. The van der Waals surface area contributed by atoms with Crippen molar-refractivity contribution in [3.05, 3.63) is 42.5 Å². The van der Waals surface area contributed by atoms with E-state index < -0.39 is 0 Å². The zero-order valence-electron chi connectivity index (χ0n) is 13.6. The third kappa shape index (κ3) is 5.92. The maximum Gasteiger partial charge on any atom is 0.0724 e. The van der Waals surface area contributed by atoms with Crippen molar-refractivity contribution in [3.63, 3.8) is 0 Å². The molecular formula is C19H30O. The molecule has 0 heterocycles. The van der Waals surface area contributed by atoms with Gasteiger partial charge in [-0.1, -0.05) is 70.5 Å². The first-order valence-electron chi connectivity index (χ1n) is 7.84. The van der Waals surface area contributed by atoms with Crippen LogP contribution in [-0.4, -0.2) is 12.2 Å². The Morgan fingerprint density at radius 3 is 2.45 bits per heavy atom. The molecule has 0 aliphatic heterocycles. The van der Waals surface area contributed by atoms with E-state index in [0.717, 1.165) is 24.3 Å². The van der Waals surface area contributed by atoms with Gasteiger partial charge >= 0.3 is 0 Å². The van der Waals surface area contributed by atoms with E-state index >= 15 is 0 Å². The lowest BCUT2D eigenvalue weighted by Gasteiger charge is -2.29. The van der Waals surface area contributed by atoms with Crippen molar-refractivity contribution in [3.8, 4) is 0 Å². The summed E-state index contributed by atoms with van der Waals surface area (Å²) in [6.07, 6.45) is 4.69. The summed E-state index contributed by atoms with van der Waals surface area (Å²) >= 11 is 0. The molecule has 1 rings (SSSR count). The highest BCUT2D eigenvalue weighted by atomic mass is 16.5. The molecule has 0 aromatic heterocycles. The monoisotopic (exact) mass is 274 g/mol. The topological polar surface area (TPSA) is 9.23 Å². The van der Waals surface area contributed by atoms with Gasteiger partial charge in [-0.3, -0.25) is 0 Å².